The number of pyridine rings is 1. The van der Waals surface area contributed by atoms with Crippen molar-refractivity contribution in [3.63, 3.8) is 0 Å². The summed E-state index contributed by atoms with van der Waals surface area (Å²) in [5, 5.41) is 1.10. The number of ether oxygens (including phenoxy) is 1. The van der Waals surface area contributed by atoms with Crippen molar-refractivity contribution in [2.45, 2.75) is 25.4 Å². The molecule has 3 rings (SSSR count). The highest BCUT2D eigenvalue weighted by Crippen LogP contribution is 2.16. The van der Waals surface area contributed by atoms with Gasteiger partial charge in [-0.15, -0.1) is 0 Å². The molecule has 0 amide bonds. The molecule has 1 aliphatic rings. The van der Waals surface area contributed by atoms with Crippen LogP contribution in [-0.4, -0.2) is 23.5 Å². The van der Waals surface area contributed by atoms with Crippen LogP contribution in [-0.2, 0) is 16.0 Å². The number of ketones is 1. The number of fused-ring (bicyclic) bond motifs is 1. The van der Waals surface area contributed by atoms with Crippen molar-refractivity contribution < 1.29 is 9.53 Å². The molecule has 0 saturated carbocycles. The van der Waals surface area contributed by atoms with E-state index in [-0.39, 0.29) is 11.9 Å². The molecule has 0 aliphatic carbocycles. The second-order valence-corrected chi connectivity index (χ2v) is 4.64. The van der Waals surface area contributed by atoms with Gasteiger partial charge in [-0.25, -0.2) is 0 Å². The highest BCUT2D eigenvalue weighted by atomic mass is 16.5. The van der Waals surface area contributed by atoms with Gasteiger partial charge in [-0.05, 0) is 25.0 Å². The van der Waals surface area contributed by atoms with E-state index in [1.807, 2.05) is 36.4 Å². The highest BCUT2D eigenvalue weighted by Gasteiger charge is 2.23. The first-order valence-electron chi connectivity index (χ1n) is 6.32. The molecule has 1 aliphatic heterocycles. The fraction of sp³-hybridized carbons (Fsp3) is 0.333. The molecule has 1 saturated heterocycles. The van der Waals surface area contributed by atoms with Gasteiger partial charge >= 0.3 is 0 Å². The van der Waals surface area contributed by atoms with Gasteiger partial charge in [-0.1, -0.05) is 24.3 Å². The van der Waals surface area contributed by atoms with Gasteiger partial charge in [0.2, 0.25) is 0 Å². The molecule has 0 bridgehead atoms. The fourth-order valence-electron chi connectivity index (χ4n) is 2.33. The van der Waals surface area contributed by atoms with Crippen molar-refractivity contribution in [2.75, 3.05) is 6.61 Å². The molecule has 0 radical (unpaired) electrons. The van der Waals surface area contributed by atoms with Gasteiger partial charge in [0.05, 0.1) is 11.9 Å². The van der Waals surface area contributed by atoms with E-state index in [1.54, 1.807) is 0 Å². The Morgan fingerprint density at radius 1 is 1.28 bits per heavy atom. The summed E-state index contributed by atoms with van der Waals surface area (Å²) in [5.74, 6) is 0.148. The monoisotopic (exact) mass is 241 g/mol. The standard InChI is InChI=1S/C15H15NO2/c17-14(15-6-3-9-18-15)10-12-8-7-11-4-1-2-5-13(11)16-12/h1-2,4-5,7-8,15H,3,6,9-10H2. The van der Waals surface area contributed by atoms with Crippen LogP contribution >= 0.6 is 0 Å². The Balaban J connectivity index is 1.79. The summed E-state index contributed by atoms with van der Waals surface area (Å²) in [5.41, 5.74) is 1.77. The van der Waals surface area contributed by atoms with Gasteiger partial charge in [-0.2, -0.15) is 0 Å². The van der Waals surface area contributed by atoms with Gasteiger partial charge < -0.3 is 4.74 Å². The normalized spacial score (nSPS) is 19.2. The number of hydrogen-bond acceptors (Lipinski definition) is 3. The molecule has 1 aromatic carbocycles. The molecule has 3 nitrogen and oxygen atoms in total. The maximum atomic E-state index is 12.0. The zero-order valence-electron chi connectivity index (χ0n) is 10.1. The Morgan fingerprint density at radius 3 is 3.00 bits per heavy atom. The van der Waals surface area contributed by atoms with Gasteiger partial charge in [0, 0.05) is 17.7 Å². The SMILES string of the molecule is O=C(Cc1ccc2ccccc2n1)C1CCCO1. The van der Waals surface area contributed by atoms with E-state index in [9.17, 15) is 4.79 Å². The van der Waals surface area contributed by atoms with Crippen LogP contribution in [0.1, 0.15) is 18.5 Å². The Kier molecular flexibility index (Phi) is 3.07. The van der Waals surface area contributed by atoms with Gasteiger partial charge in [0.25, 0.3) is 0 Å². The largest absolute Gasteiger partial charge is 0.370 e. The summed E-state index contributed by atoms with van der Waals surface area (Å²) in [4.78, 5) is 16.5. The third kappa shape index (κ3) is 2.27. The molecule has 0 N–H and O–H groups in total. The lowest BCUT2D eigenvalue weighted by Crippen LogP contribution is -2.21. The Bertz CT molecular complexity index is 573. The first-order valence-corrected chi connectivity index (χ1v) is 6.32. The minimum Gasteiger partial charge on any atom is -0.370 e. The second kappa shape index (κ2) is 4.86. The van der Waals surface area contributed by atoms with Gasteiger partial charge in [0.1, 0.15) is 6.10 Å². The third-order valence-corrected chi connectivity index (χ3v) is 3.30. The molecule has 1 atom stereocenters. The molecule has 1 unspecified atom stereocenters. The molecule has 1 fully saturated rings. The van der Waals surface area contributed by atoms with E-state index in [0.29, 0.717) is 13.0 Å². The number of carbonyl (C=O) groups is 1. The summed E-state index contributed by atoms with van der Waals surface area (Å²) < 4.78 is 5.40. The molecule has 92 valence electrons. The van der Waals surface area contributed by atoms with Crippen molar-refractivity contribution in [1.29, 1.82) is 0 Å². The van der Waals surface area contributed by atoms with Crippen molar-refractivity contribution in [3.8, 4) is 0 Å². The van der Waals surface area contributed by atoms with Crippen molar-refractivity contribution >= 4 is 16.7 Å². The predicted octanol–water partition coefficient (Wildman–Crippen LogP) is 2.53. The summed E-state index contributed by atoms with van der Waals surface area (Å²) in [6, 6.07) is 11.9. The van der Waals surface area contributed by atoms with Crippen LogP contribution in [0, 0.1) is 0 Å². The van der Waals surface area contributed by atoms with E-state index in [2.05, 4.69) is 4.98 Å². The van der Waals surface area contributed by atoms with E-state index in [1.165, 1.54) is 0 Å². The average molecular weight is 241 g/mol. The van der Waals surface area contributed by atoms with E-state index >= 15 is 0 Å². The topological polar surface area (TPSA) is 39.2 Å². The average Bonchev–Trinajstić information content (AvgIpc) is 2.92. The molecule has 18 heavy (non-hydrogen) atoms. The first-order chi connectivity index (χ1) is 8.83. The third-order valence-electron chi connectivity index (χ3n) is 3.30. The lowest BCUT2D eigenvalue weighted by Gasteiger charge is -2.08. The van der Waals surface area contributed by atoms with Crippen LogP contribution in [0.5, 0.6) is 0 Å². The summed E-state index contributed by atoms with van der Waals surface area (Å²) >= 11 is 0. The van der Waals surface area contributed by atoms with Crippen LogP contribution in [0.2, 0.25) is 0 Å². The van der Waals surface area contributed by atoms with Crippen LogP contribution in [0.4, 0.5) is 0 Å². The summed E-state index contributed by atoms with van der Waals surface area (Å²) in [7, 11) is 0. The maximum absolute atomic E-state index is 12.0. The summed E-state index contributed by atoms with van der Waals surface area (Å²) in [6.07, 6.45) is 2.00. The number of benzene rings is 1. The number of nitrogens with zero attached hydrogens (tertiary/aromatic N) is 1. The predicted molar refractivity (Wildman–Crippen MR) is 69.4 cm³/mol. The zero-order valence-corrected chi connectivity index (χ0v) is 10.1. The van der Waals surface area contributed by atoms with Crippen LogP contribution in [0.25, 0.3) is 10.9 Å². The molecule has 2 aromatic rings. The minimum absolute atomic E-state index is 0.148. The minimum atomic E-state index is -0.210. The molecule has 0 spiro atoms. The van der Waals surface area contributed by atoms with Crippen LogP contribution in [0.3, 0.4) is 0 Å². The second-order valence-electron chi connectivity index (χ2n) is 4.64. The highest BCUT2D eigenvalue weighted by molar-refractivity contribution is 5.86. The lowest BCUT2D eigenvalue weighted by molar-refractivity contribution is -0.127. The fourth-order valence-corrected chi connectivity index (χ4v) is 2.33. The van der Waals surface area contributed by atoms with E-state index < -0.39 is 0 Å². The van der Waals surface area contributed by atoms with Crippen molar-refractivity contribution in [2.24, 2.45) is 0 Å². The van der Waals surface area contributed by atoms with Crippen molar-refractivity contribution in [1.82, 2.24) is 4.98 Å². The maximum Gasteiger partial charge on any atom is 0.167 e. The van der Waals surface area contributed by atoms with Gasteiger partial charge in [0.15, 0.2) is 5.78 Å². The lowest BCUT2D eigenvalue weighted by atomic mass is 10.1. The van der Waals surface area contributed by atoms with Crippen molar-refractivity contribution in [3.05, 3.63) is 42.1 Å². The number of rotatable bonds is 3. The number of hydrogen-bond donors (Lipinski definition) is 0. The van der Waals surface area contributed by atoms with E-state index in [4.69, 9.17) is 4.74 Å². The first kappa shape index (κ1) is 11.4. The smallest absolute Gasteiger partial charge is 0.167 e. The molecular weight excluding hydrogens is 226 g/mol. The number of aromatic nitrogens is 1. The Morgan fingerprint density at radius 2 is 2.17 bits per heavy atom. The van der Waals surface area contributed by atoms with Gasteiger partial charge in [-0.3, -0.25) is 9.78 Å². The number of para-hydroxylation sites is 1. The molecular formula is C15H15NO2. The number of carbonyl (C=O) groups excluding carboxylic acids is 1. The molecule has 2 heterocycles. The van der Waals surface area contributed by atoms with Crippen LogP contribution < -0.4 is 0 Å². The van der Waals surface area contributed by atoms with E-state index in [0.717, 1.165) is 29.4 Å². The molecule has 3 heteroatoms. The zero-order chi connectivity index (χ0) is 12.4. The van der Waals surface area contributed by atoms with Crippen LogP contribution in [0.15, 0.2) is 36.4 Å². The summed E-state index contributed by atoms with van der Waals surface area (Å²) in [6.45, 7) is 0.710. The molecule has 1 aromatic heterocycles. The Hall–Kier alpha value is -1.74. The Labute approximate surface area is 106 Å². The number of Topliss-reactive ketones (excluding diaryl/α,β-unsaturated/α-hetero) is 1. The quantitative estimate of drug-likeness (QED) is 0.829.